The molecule has 0 aliphatic heterocycles. The van der Waals surface area contributed by atoms with Gasteiger partial charge in [-0.25, -0.2) is 17.9 Å². The minimum atomic E-state index is -3.57. The number of methoxy groups -OCH3 is 1. The van der Waals surface area contributed by atoms with Crippen molar-refractivity contribution in [2.75, 3.05) is 20.3 Å². The van der Waals surface area contributed by atoms with Crippen molar-refractivity contribution in [2.24, 2.45) is 0 Å². The topological polar surface area (TPSA) is 92.7 Å². The van der Waals surface area contributed by atoms with Gasteiger partial charge < -0.3 is 9.84 Å². The van der Waals surface area contributed by atoms with E-state index in [9.17, 15) is 13.2 Å². The van der Waals surface area contributed by atoms with Crippen molar-refractivity contribution in [2.45, 2.75) is 17.7 Å². The predicted molar refractivity (Wildman–Crippen MR) is 69.7 cm³/mol. The Hall–Kier alpha value is -1.44. The fourth-order valence-electron chi connectivity index (χ4n) is 1.44. The molecule has 0 unspecified atom stereocenters. The Kier molecular flexibility index (Phi) is 5.94. The van der Waals surface area contributed by atoms with E-state index in [1.165, 1.54) is 24.3 Å². The van der Waals surface area contributed by atoms with Gasteiger partial charge in [-0.3, -0.25) is 0 Å². The average molecular weight is 287 g/mol. The zero-order valence-electron chi connectivity index (χ0n) is 10.6. The fourth-order valence-corrected chi connectivity index (χ4v) is 2.51. The second kappa shape index (κ2) is 7.22. The maximum atomic E-state index is 11.9. The number of benzene rings is 1. The molecule has 0 saturated heterocycles. The molecule has 0 saturated carbocycles. The van der Waals surface area contributed by atoms with Gasteiger partial charge in [-0.1, -0.05) is 0 Å². The van der Waals surface area contributed by atoms with Crippen molar-refractivity contribution < 1.29 is 23.1 Å². The van der Waals surface area contributed by atoms with Crippen molar-refractivity contribution in [1.82, 2.24) is 4.72 Å². The molecule has 19 heavy (non-hydrogen) atoms. The summed E-state index contributed by atoms with van der Waals surface area (Å²) in [7, 11) is -1.98. The van der Waals surface area contributed by atoms with E-state index in [1.807, 2.05) is 0 Å². The van der Waals surface area contributed by atoms with Gasteiger partial charge in [-0.2, -0.15) is 0 Å². The first-order valence-corrected chi connectivity index (χ1v) is 7.27. The van der Waals surface area contributed by atoms with Crippen LogP contribution in [0, 0.1) is 0 Å². The molecule has 0 fully saturated rings. The molecule has 0 aliphatic rings. The maximum Gasteiger partial charge on any atom is 0.335 e. The standard InChI is InChI=1S/C12H17NO5S/c1-18-9-3-2-8-13-19(16,17)11-6-4-10(5-7-11)12(14)15/h4-7,13H,2-3,8-9H2,1H3,(H,14,15). The van der Waals surface area contributed by atoms with Gasteiger partial charge in [0.05, 0.1) is 10.5 Å². The van der Waals surface area contributed by atoms with Crippen LogP contribution in [0.3, 0.4) is 0 Å². The summed E-state index contributed by atoms with van der Waals surface area (Å²) in [5.74, 6) is -1.09. The van der Waals surface area contributed by atoms with E-state index in [1.54, 1.807) is 7.11 Å². The van der Waals surface area contributed by atoms with Crippen molar-refractivity contribution >= 4 is 16.0 Å². The third-order valence-corrected chi connectivity index (χ3v) is 3.96. The van der Waals surface area contributed by atoms with Gasteiger partial charge in [-0.15, -0.1) is 0 Å². The first kappa shape index (κ1) is 15.6. The SMILES string of the molecule is COCCCCNS(=O)(=O)c1ccc(C(=O)O)cc1. The molecule has 0 bridgehead atoms. The molecule has 1 aromatic rings. The highest BCUT2D eigenvalue weighted by atomic mass is 32.2. The Balaban J connectivity index is 2.59. The number of aromatic carboxylic acids is 1. The number of hydrogen-bond donors (Lipinski definition) is 2. The molecule has 0 spiro atoms. The second-order valence-electron chi connectivity index (χ2n) is 3.93. The van der Waals surface area contributed by atoms with Gasteiger partial charge >= 0.3 is 5.97 Å². The Morgan fingerprint density at radius 2 is 1.89 bits per heavy atom. The lowest BCUT2D eigenvalue weighted by Gasteiger charge is -2.06. The van der Waals surface area contributed by atoms with Crippen LogP contribution in [0.2, 0.25) is 0 Å². The average Bonchev–Trinajstić information content (AvgIpc) is 2.38. The first-order chi connectivity index (χ1) is 8.97. The molecule has 0 aromatic heterocycles. The first-order valence-electron chi connectivity index (χ1n) is 5.79. The van der Waals surface area contributed by atoms with E-state index in [4.69, 9.17) is 9.84 Å². The quantitative estimate of drug-likeness (QED) is 0.698. The highest BCUT2D eigenvalue weighted by Gasteiger charge is 2.13. The van der Waals surface area contributed by atoms with Crippen LogP contribution in [0.5, 0.6) is 0 Å². The predicted octanol–water partition coefficient (Wildman–Crippen LogP) is 1.09. The monoisotopic (exact) mass is 287 g/mol. The van der Waals surface area contributed by atoms with Crippen LogP contribution in [0.25, 0.3) is 0 Å². The number of nitrogens with one attached hydrogen (secondary N) is 1. The van der Waals surface area contributed by atoms with Crippen LogP contribution in [0.1, 0.15) is 23.2 Å². The summed E-state index contributed by atoms with van der Waals surface area (Å²) >= 11 is 0. The van der Waals surface area contributed by atoms with E-state index in [2.05, 4.69) is 4.72 Å². The van der Waals surface area contributed by atoms with Gasteiger partial charge in [0, 0.05) is 20.3 Å². The molecule has 6 nitrogen and oxygen atoms in total. The zero-order chi connectivity index (χ0) is 14.3. The molecule has 106 valence electrons. The van der Waals surface area contributed by atoms with E-state index in [0.29, 0.717) is 19.6 Å². The summed E-state index contributed by atoms with van der Waals surface area (Å²) in [5, 5.41) is 8.73. The Morgan fingerprint density at radius 1 is 1.26 bits per heavy atom. The molecule has 2 N–H and O–H groups in total. The summed E-state index contributed by atoms with van der Waals surface area (Å²) in [6.07, 6.45) is 1.46. The van der Waals surface area contributed by atoms with Crippen molar-refractivity contribution in [3.05, 3.63) is 29.8 Å². The normalized spacial score (nSPS) is 11.4. The lowest BCUT2D eigenvalue weighted by Crippen LogP contribution is -2.25. The largest absolute Gasteiger partial charge is 0.478 e. The summed E-state index contributed by atoms with van der Waals surface area (Å²) in [6, 6.07) is 5.09. The number of carbonyl (C=O) groups is 1. The van der Waals surface area contributed by atoms with Crippen LogP contribution in [0.15, 0.2) is 29.2 Å². The summed E-state index contributed by atoms with van der Waals surface area (Å²) in [5.41, 5.74) is 0.0547. The molecule has 0 atom stereocenters. The second-order valence-corrected chi connectivity index (χ2v) is 5.69. The molecular formula is C12H17NO5S. The third-order valence-electron chi connectivity index (χ3n) is 2.48. The lowest BCUT2D eigenvalue weighted by molar-refractivity contribution is 0.0696. The van der Waals surface area contributed by atoms with E-state index >= 15 is 0 Å². The zero-order valence-corrected chi connectivity index (χ0v) is 11.4. The minimum absolute atomic E-state index is 0.0547. The number of ether oxygens (including phenoxy) is 1. The fraction of sp³-hybridized carbons (Fsp3) is 0.417. The smallest absolute Gasteiger partial charge is 0.335 e. The molecule has 0 aliphatic carbocycles. The molecule has 0 radical (unpaired) electrons. The number of sulfonamides is 1. The number of carboxylic acids is 1. The van der Waals surface area contributed by atoms with Gasteiger partial charge in [-0.05, 0) is 37.1 Å². The summed E-state index contributed by atoms with van der Waals surface area (Å²) in [6.45, 7) is 0.918. The molecular weight excluding hydrogens is 270 g/mol. The molecule has 0 heterocycles. The lowest BCUT2D eigenvalue weighted by atomic mass is 10.2. The Morgan fingerprint density at radius 3 is 2.42 bits per heavy atom. The van der Waals surface area contributed by atoms with E-state index in [0.717, 1.165) is 6.42 Å². The summed E-state index contributed by atoms with van der Waals surface area (Å²) < 4.78 is 31.0. The highest BCUT2D eigenvalue weighted by molar-refractivity contribution is 7.89. The maximum absolute atomic E-state index is 11.9. The van der Waals surface area contributed by atoms with Gasteiger partial charge in [0.2, 0.25) is 10.0 Å². The minimum Gasteiger partial charge on any atom is -0.478 e. The number of hydrogen-bond acceptors (Lipinski definition) is 4. The van der Waals surface area contributed by atoms with E-state index in [-0.39, 0.29) is 10.5 Å². The van der Waals surface area contributed by atoms with Crippen LogP contribution < -0.4 is 4.72 Å². The third kappa shape index (κ3) is 4.98. The number of unbranched alkanes of at least 4 members (excludes halogenated alkanes) is 1. The van der Waals surface area contributed by atoms with Crippen molar-refractivity contribution in [3.63, 3.8) is 0 Å². The molecule has 1 aromatic carbocycles. The van der Waals surface area contributed by atoms with Crippen LogP contribution in [-0.4, -0.2) is 39.8 Å². The van der Waals surface area contributed by atoms with Crippen LogP contribution in [-0.2, 0) is 14.8 Å². The van der Waals surface area contributed by atoms with Crippen LogP contribution >= 0.6 is 0 Å². The molecule has 1 rings (SSSR count). The molecule has 0 amide bonds. The Labute approximate surface area is 112 Å². The van der Waals surface area contributed by atoms with Crippen molar-refractivity contribution in [1.29, 1.82) is 0 Å². The Bertz CT molecular complexity index is 509. The van der Waals surface area contributed by atoms with Crippen molar-refractivity contribution in [3.8, 4) is 0 Å². The number of carboxylic acid groups (broad SMARTS) is 1. The van der Waals surface area contributed by atoms with Gasteiger partial charge in [0.1, 0.15) is 0 Å². The molecule has 7 heteroatoms. The van der Waals surface area contributed by atoms with Gasteiger partial charge in [0.25, 0.3) is 0 Å². The number of rotatable bonds is 8. The van der Waals surface area contributed by atoms with Gasteiger partial charge in [0.15, 0.2) is 0 Å². The highest BCUT2D eigenvalue weighted by Crippen LogP contribution is 2.10. The van der Waals surface area contributed by atoms with E-state index < -0.39 is 16.0 Å². The summed E-state index contributed by atoms with van der Waals surface area (Å²) in [4.78, 5) is 10.7. The van der Waals surface area contributed by atoms with Crippen LogP contribution in [0.4, 0.5) is 0 Å².